The number of rotatable bonds is 7. The summed E-state index contributed by atoms with van der Waals surface area (Å²) >= 11 is 0. The van der Waals surface area contributed by atoms with Gasteiger partial charge in [-0.05, 0) is 12.0 Å². The first-order valence-electron chi connectivity index (χ1n) is 5.80. The average Bonchev–Trinajstić information content (AvgIpc) is 2.34. The second kappa shape index (κ2) is 8.08. The van der Waals surface area contributed by atoms with Gasteiger partial charge in [0.05, 0.1) is 19.3 Å². The van der Waals surface area contributed by atoms with Crippen molar-refractivity contribution in [3.05, 3.63) is 48.0 Å². The highest BCUT2D eigenvalue weighted by Crippen LogP contribution is 2.08. The smallest absolute Gasteiger partial charge is 0.0761 e. The van der Waals surface area contributed by atoms with Gasteiger partial charge in [-0.25, -0.2) is 0 Å². The molecule has 0 aliphatic heterocycles. The molecule has 0 bridgehead atoms. The van der Waals surface area contributed by atoms with Crippen LogP contribution in [0, 0.1) is 0 Å². The summed E-state index contributed by atoms with van der Waals surface area (Å²) in [4.78, 5) is 0. The molecule has 1 rings (SSSR count). The molecule has 16 heavy (non-hydrogen) atoms. The van der Waals surface area contributed by atoms with E-state index in [0.717, 1.165) is 12.8 Å². The second-order valence-corrected chi connectivity index (χ2v) is 3.73. The van der Waals surface area contributed by atoms with Gasteiger partial charge in [-0.1, -0.05) is 55.8 Å². The van der Waals surface area contributed by atoms with Gasteiger partial charge >= 0.3 is 0 Å². The van der Waals surface area contributed by atoms with Crippen molar-refractivity contribution >= 4 is 0 Å². The minimum absolute atomic E-state index is 0.0783. The van der Waals surface area contributed by atoms with Crippen LogP contribution in [0.1, 0.15) is 25.3 Å². The molecule has 2 heteroatoms. The zero-order valence-corrected chi connectivity index (χ0v) is 9.80. The Hall–Kier alpha value is -1.12. The van der Waals surface area contributed by atoms with Gasteiger partial charge in [-0.2, -0.15) is 0 Å². The van der Waals surface area contributed by atoms with E-state index in [-0.39, 0.29) is 12.7 Å². The summed E-state index contributed by atoms with van der Waals surface area (Å²) in [6, 6.07) is 10.1. The fraction of sp³-hybridized carbons (Fsp3) is 0.429. The molecular formula is C14H20O2. The van der Waals surface area contributed by atoms with Crippen LogP contribution in [0.15, 0.2) is 42.5 Å². The lowest BCUT2D eigenvalue weighted by molar-refractivity contribution is 0.0656. The predicted octanol–water partition coefficient (Wildman–Crippen LogP) is 2.92. The molecule has 0 fully saturated rings. The summed E-state index contributed by atoms with van der Waals surface area (Å²) in [5, 5.41) is 8.73. The van der Waals surface area contributed by atoms with Gasteiger partial charge < -0.3 is 9.84 Å². The zero-order chi connectivity index (χ0) is 11.6. The third-order valence-corrected chi connectivity index (χ3v) is 2.34. The van der Waals surface area contributed by atoms with E-state index in [0.29, 0.717) is 6.61 Å². The van der Waals surface area contributed by atoms with Crippen molar-refractivity contribution in [3.63, 3.8) is 0 Å². The molecule has 0 saturated carbocycles. The van der Waals surface area contributed by atoms with Gasteiger partial charge in [0.15, 0.2) is 0 Å². The molecule has 0 amide bonds. The SMILES string of the molecule is CCCC(/C=C\CO)OCc1ccccc1. The summed E-state index contributed by atoms with van der Waals surface area (Å²) in [6.45, 7) is 2.84. The highest BCUT2D eigenvalue weighted by Gasteiger charge is 2.03. The topological polar surface area (TPSA) is 29.5 Å². The Kier molecular flexibility index (Phi) is 6.54. The molecule has 0 aliphatic carbocycles. The Labute approximate surface area is 97.6 Å². The summed E-state index contributed by atoms with van der Waals surface area (Å²) in [7, 11) is 0. The molecule has 1 aromatic rings. The normalized spacial score (nSPS) is 13.1. The zero-order valence-electron chi connectivity index (χ0n) is 9.80. The van der Waals surface area contributed by atoms with E-state index < -0.39 is 0 Å². The van der Waals surface area contributed by atoms with Crippen molar-refractivity contribution < 1.29 is 9.84 Å². The van der Waals surface area contributed by atoms with Crippen LogP contribution < -0.4 is 0 Å². The summed E-state index contributed by atoms with van der Waals surface area (Å²) in [5.74, 6) is 0. The minimum atomic E-state index is 0.0783. The number of aliphatic hydroxyl groups excluding tert-OH is 1. The third kappa shape index (κ3) is 5.10. The van der Waals surface area contributed by atoms with Gasteiger partial charge in [-0.3, -0.25) is 0 Å². The van der Waals surface area contributed by atoms with Gasteiger partial charge in [0.25, 0.3) is 0 Å². The molecule has 0 saturated heterocycles. The second-order valence-electron chi connectivity index (χ2n) is 3.73. The van der Waals surface area contributed by atoms with E-state index in [1.807, 2.05) is 24.3 Å². The number of hydrogen-bond donors (Lipinski definition) is 1. The Bertz CT molecular complexity index is 293. The third-order valence-electron chi connectivity index (χ3n) is 2.34. The van der Waals surface area contributed by atoms with Crippen LogP contribution in [0.2, 0.25) is 0 Å². The van der Waals surface area contributed by atoms with Crippen molar-refractivity contribution in [2.75, 3.05) is 6.61 Å². The van der Waals surface area contributed by atoms with Crippen LogP contribution in [0.5, 0.6) is 0 Å². The van der Waals surface area contributed by atoms with E-state index in [1.165, 1.54) is 5.56 Å². The number of aliphatic hydroxyl groups is 1. The van der Waals surface area contributed by atoms with Crippen molar-refractivity contribution in [1.82, 2.24) is 0 Å². The number of benzene rings is 1. The lowest BCUT2D eigenvalue weighted by Crippen LogP contribution is -2.09. The molecule has 0 aromatic heterocycles. The minimum Gasteiger partial charge on any atom is -0.392 e. The lowest BCUT2D eigenvalue weighted by atomic mass is 10.2. The molecule has 88 valence electrons. The monoisotopic (exact) mass is 220 g/mol. The first-order chi connectivity index (χ1) is 7.86. The maximum atomic E-state index is 8.73. The first kappa shape index (κ1) is 12.9. The summed E-state index contributed by atoms with van der Waals surface area (Å²) < 4.78 is 5.77. The van der Waals surface area contributed by atoms with Crippen molar-refractivity contribution in [1.29, 1.82) is 0 Å². The quantitative estimate of drug-likeness (QED) is 0.716. The molecule has 0 radical (unpaired) electrons. The number of hydrogen-bond acceptors (Lipinski definition) is 2. The molecule has 0 spiro atoms. The standard InChI is InChI=1S/C14H20O2/c1-2-7-14(10-6-11-15)16-12-13-8-4-3-5-9-13/h3-6,8-10,14-15H,2,7,11-12H2,1H3/b10-6-. The molecule has 1 N–H and O–H groups in total. The average molecular weight is 220 g/mol. The molecule has 1 atom stereocenters. The van der Waals surface area contributed by atoms with Crippen molar-refractivity contribution in [3.8, 4) is 0 Å². The van der Waals surface area contributed by atoms with Gasteiger partial charge in [-0.15, -0.1) is 0 Å². The van der Waals surface area contributed by atoms with Crippen LogP contribution in [0.4, 0.5) is 0 Å². The Balaban J connectivity index is 2.40. The van der Waals surface area contributed by atoms with Crippen molar-refractivity contribution in [2.45, 2.75) is 32.5 Å². The first-order valence-corrected chi connectivity index (χ1v) is 5.80. The Morgan fingerprint density at radius 1 is 1.31 bits per heavy atom. The highest BCUT2D eigenvalue weighted by atomic mass is 16.5. The number of ether oxygens (including phenoxy) is 1. The maximum absolute atomic E-state index is 8.73. The fourth-order valence-corrected chi connectivity index (χ4v) is 1.51. The maximum Gasteiger partial charge on any atom is 0.0761 e. The van der Waals surface area contributed by atoms with E-state index in [9.17, 15) is 0 Å². The highest BCUT2D eigenvalue weighted by molar-refractivity contribution is 5.13. The molecular weight excluding hydrogens is 200 g/mol. The molecule has 0 aliphatic rings. The van der Waals surface area contributed by atoms with Crippen LogP contribution in [-0.4, -0.2) is 17.8 Å². The Morgan fingerprint density at radius 2 is 2.06 bits per heavy atom. The summed E-state index contributed by atoms with van der Waals surface area (Å²) in [5.41, 5.74) is 1.18. The van der Waals surface area contributed by atoms with Crippen molar-refractivity contribution in [2.24, 2.45) is 0 Å². The predicted molar refractivity (Wildman–Crippen MR) is 66.2 cm³/mol. The van der Waals surface area contributed by atoms with Gasteiger partial charge in [0, 0.05) is 0 Å². The molecule has 1 aromatic carbocycles. The molecule has 0 heterocycles. The van der Waals surface area contributed by atoms with Gasteiger partial charge in [0.2, 0.25) is 0 Å². The Morgan fingerprint density at radius 3 is 2.69 bits per heavy atom. The molecule has 2 nitrogen and oxygen atoms in total. The summed E-state index contributed by atoms with van der Waals surface area (Å²) in [6.07, 6.45) is 5.86. The van der Waals surface area contributed by atoms with Crippen LogP contribution in [0.3, 0.4) is 0 Å². The molecule has 1 unspecified atom stereocenters. The largest absolute Gasteiger partial charge is 0.392 e. The van der Waals surface area contributed by atoms with Crippen LogP contribution in [0.25, 0.3) is 0 Å². The van der Waals surface area contributed by atoms with E-state index in [2.05, 4.69) is 19.1 Å². The van der Waals surface area contributed by atoms with Crippen LogP contribution in [-0.2, 0) is 11.3 Å². The van der Waals surface area contributed by atoms with E-state index in [4.69, 9.17) is 9.84 Å². The van der Waals surface area contributed by atoms with Crippen LogP contribution >= 0.6 is 0 Å². The lowest BCUT2D eigenvalue weighted by Gasteiger charge is -2.13. The fourth-order valence-electron chi connectivity index (χ4n) is 1.51. The van der Waals surface area contributed by atoms with Gasteiger partial charge in [0.1, 0.15) is 0 Å². The van der Waals surface area contributed by atoms with E-state index in [1.54, 1.807) is 6.08 Å². The van der Waals surface area contributed by atoms with E-state index >= 15 is 0 Å².